The van der Waals surface area contributed by atoms with Crippen molar-refractivity contribution in [2.24, 2.45) is 5.92 Å². The first-order valence-corrected chi connectivity index (χ1v) is 12.7. The average molecular weight is 500 g/mol. The number of rotatable bonds is 11. The van der Waals surface area contributed by atoms with Crippen LogP contribution in [-0.4, -0.2) is 42.5 Å². The molecule has 35 heavy (non-hydrogen) atoms. The molecule has 3 N–H and O–H groups in total. The third-order valence-electron chi connectivity index (χ3n) is 5.48. The number of carbonyl (C=O) groups excluding carboxylic acids is 1. The number of thioether (sulfide) groups is 1. The molecule has 0 saturated heterocycles. The second kappa shape index (κ2) is 11.9. The molecule has 0 atom stereocenters. The van der Waals surface area contributed by atoms with Crippen molar-refractivity contribution >= 4 is 29.2 Å². The molecule has 11 heteroatoms. The van der Waals surface area contributed by atoms with Crippen LogP contribution in [0.2, 0.25) is 0 Å². The van der Waals surface area contributed by atoms with E-state index >= 15 is 0 Å². The number of hydrogen-bond donors (Lipinski definition) is 2. The first kappa shape index (κ1) is 26.3. The number of unbranched alkanes of at least 4 members (excludes halogenated alkanes) is 1. The summed E-state index contributed by atoms with van der Waals surface area (Å²) >= 11 is 1.26. The number of H-pyrrole nitrogens is 1. The number of anilines is 2. The fourth-order valence-electron chi connectivity index (χ4n) is 3.68. The van der Waals surface area contributed by atoms with Gasteiger partial charge in [-0.1, -0.05) is 69.3 Å². The van der Waals surface area contributed by atoms with Crippen molar-refractivity contribution in [3.63, 3.8) is 0 Å². The smallest absolute Gasteiger partial charge is 0.330 e. The van der Waals surface area contributed by atoms with Gasteiger partial charge in [-0.15, -0.1) is 10.2 Å². The maximum Gasteiger partial charge on any atom is 0.330 e. The molecule has 0 unspecified atom stereocenters. The van der Waals surface area contributed by atoms with E-state index in [9.17, 15) is 14.4 Å². The van der Waals surface area contributed by atoms with Crippen LogP contribution in [0.3, 0.4) is 0 Å². The van der Waals surface area contributed by atoms with Crippen molar-refractivity contribution in [3.8, 4) is 0 Å². The predicted molar refractivity (Wildman–Crippen MR) is 139 cm³/mol. The second-order valence-electron chi connectivity index (χ2n) is 8.79. The minimum atomic E-state index is -0.662. The summed E-state index contributed by atoms with van der Waals surface area (Å²) in [6.07, 6.45) is 1.51. The van der Waals surface area contributed by atoms with E-state index in [4.69, 9.17) is 5.73 Å². The van der Waals surface area contributed by atoms with Gasteiger partial charge < -0.3 is 15.2 Å². The zero-order chi connectivity index (χ0) is 25.5. The molecule has 3 rings (SSSR count). The SMILES string of the molecule is CCCCN(C(=O)CSc1nnc(C)n1Cc1ccccc1)c1c(N)n(CC(C)C)c(=O)[nH]c1=O. The van der Waals surface area contributed by atoms with Crippen molar-refractivity contribution in [2.45, 2.75) is 58.8 Å². The van der Waals surface area contributed by atoms with Crippen molar-refractivity contribution in [1.29, 1.82) is 0 Å². The van der Waals surface area contributed by atoms with Crippen LogP contribution >= 0.6 is 11.8 Å². The van der Waals surface area contributed by atoms with Gasteiger partial charge in [-0.05, 0) is 24.8 Å². The standard InChI is InChI=1S/C24H33N7O3S/c1-5-6-12-29(20-21(25)31(13-16(2)3)23(34)26-22(20)33)19(32)15-35-24-28-27-17(4)30(24)14-18-10-8-7-9-11-18/h7-11,16H,5-6,12-15,25H2,1-4H3,(H,26,33,34). The van der Waals surface area contributed by atoms with E-state index in [1.54, 1.807) is 0 Å². The van der Waals surface area contributed by atoms with Gasteiger partial charge in [0, 0.05) is 13.1 Å². The van der Waals surface area contributed by atoms with E-state index < -0.39 is 11.2 Å². The molecule has 1 amide bonds. The third-order valence-corrected chi connectivity index (χ3v) is 6.43. The molecule has 0 aliphatic carbocycles. The van der Waals surface area contributed by atoms with E-state index in [1.807, 2.05) is 62.6 Å². The highest BCUT2D eigenvalue weighted by Gasteiger charge is 2.25. The van der Waals surface area contributed by atoms with E-state index in [1.165, 1.54) is 21.2 Å². The lowest BCUT2D eigenvalue weighted by Crippen LogP contribution is -2.42. The Bertz CT molecular complexity index is 1260. The molecular weight excluding hydrogens is 466 g/mol. The van der Waals surface area contributed by atoms with Crippen LogP contribution in [0.25, 0.3) is 0 Å². The Hall–Kier alpha value is -3.34. The Kier molecular flexibility index (Phi) is 8.91. The Balaban J connectivity index is 1.87. The number of nitrogens with two attached hydrogens (primary N) is 1. The summed E-state index contributed by atoms with van der Waals surface area (Å²) in [5.41, 5.74) is 6.16. The molecule has 2 aromatic heterocycles. The van der Waals surface area contributed by atoms with Crippen LogP contribution in [0, 0.1) is 12.8 Å². The number of hydrogen-bond acceptors (Lipinski definition) is 7. The number of nitrogens with zero attached hydrogens (tertiary/aromatic N) is 5. The minimum Gasteiger partial charge on any atom is -0.383 e. The van der Waals surface area contributed by atoms with Gasteiger partial charge in [-0.3, -0.25) is 19.1 Å². The normalized spacial score (nSPS) is 11.2. The number of aromatic amines is 1. The molecular formula is C24H33N7O3S. The molecule has 188 valence electrons. The van der Waals surface area contributed by atoms with Gasteiger partial charge in [-0.2, -0.15) is 0 Å². The van der Waals surface area contributed by atoms with Crippen LogP contribution in [0.5, 0.6) is 0 Å². The number of amides is 1. The summed E-state index contributed by atoms with van der Waals surface area (Å²) in [6.45, 7) is 9.00. The van der Waals surface area contributed by atoms with E-state index in [-0.39, 0.29) is 29.1 Å². The number of carbonyl (C=O) groups is 1. The molecule has 0 spiro atoms. The number of aromatic nitrogens is 5. The molecule has 1 aromatic carbocycles. The Labute approximate surface area is 208 Å². The summed E-state index contributed by atoms with van der Waals surface area (Å²) in [4.78, 5) is 42.2. The van der Waals surface area contributed by atoms with Crippen molar-refractivity contribution in [2.75, 3.05) is 22.9 Å². The Morgan fingerprint density at radius 3 is 2.54 bits per heavy atom. The number of nitrogens with one attached hydrogen (secondary N) is 1. The zero-order valence-electron chi connectivity index (χ0n) is 20.7. The zero-order valence-corrected chi connectivity index (χ0v) is 21.5. The lowest BCUT2D eigenvalue weighted by molar-refractivity contribution is -0.116. The summed E-state index contributed by atoms with van der Waals surface area (Å²) in [5, 5.41) is 9.03. The number of benzene rings is 1. The fourth-order valence-corrected chi connectivity index (χ4v) is 4.54. The second-order valence-corrected chi connectivity index (χ2v) is 9.73. The highest BCUT2D eigenvalue weighted by atomic mass is 32.2. The first-order chi connectivity index (χ1) is 16.7. The van der Waals surface area contributed by atoms with Gasteiger partial charge in [0.15, 0.2) is 10.8 Å². The van der Waals surface area contributed by atoms with E-state index in [0.29, 0.717) is 31.2 Å². The van der Waals surface area contributed by atoms with Gasteiger partial charge in [0.25, 0.3) is 5.56 Å². The lowest BCUT2D eigenvalue weighted by Gasteiger charge is -2.24. The van der Waals surface area contributed by atoms with Gasteiger partial charge in [0.2, 0.25) is 5.91 Å². The highest BCUT2D eigenvalue weighted by Crippen LogP contribution is 2.23. The first-order valence-electron chi connectivity index (χ1n) is 11.7. The number of aryl methyl sites for hydroxylation is 1. The maximum atomic E-state index is 13.4. The van der Waals surface area contributed by atoms with Crippen LogP contribution in [0.4, 0.5) is 11.5 Å². The maximum absolute atomic E-state index is 13.4. The van der Waals surface area contributed by atoms with Gasteiger partial charge in [-0.25, -0.2) is 4.79 Å². The van der Waals surface area contributed by atoms with Crippen LogP contribution in [0.15, 0.2) is 45.1 Å². The quantitative estimate of drug-likeness (QED) is 0.388. The van der Waals surface area contributed by atoms with Crippen LogP contribution < -0.4 is 21.9 Å². The molecule has 0 aliphatic rings. The summed E-state index contributed by atoms with van der Waals surface area (Å²) in [5.74, 6) is 0.627. The largest absolute Gasteiger partial charge is 0.383 e. The molecule has 0 saturated carbocycles. The lowest BCUT2D eigenvalue weighted by atomic mass is 10.2. The highest BCUT2D eigenvalue weighted by molar-refractivity contribution is 7.99. The molecule has 0 bridgehead atoms. The van der Waals surface area contributed by atoms with Crippen LogP contribution in [0.1, 0.15) is 45.0 Å². The van der Waals surface area contributed by atoms with Gasteiger partial charge in [0.1, 0.15) is 11.6 Å². The third kappa shape index (κ3) is 6.41. The molecule has 2 heterocycles. The van der Waals surface area contributed by atoms with Crippen molar-refractivity contribution in [3.05, 3.63) is 62.6 Å². The Morgan fingerprint density at radius 1 is 1.17 bits per heavy atom. The molecule has 0 radical (unpaired) electrons. The monoisotopic (exact) mass is 499 g/mol. The Morgan fingerprint density at radius 2 is 1.89 bits per heavy atom. The molecule has 0 fully saturated rings. The average Bonchev–Trinajstić information content (AvgIpc) is 3.16. The molecule has 10 nitrogen and oxygen atoms in total. The summed E-state index contributed by atoms with van der Waals surface area (Å²) in [6, 6.07) is 9.94. The fraction of sp³-hybridized carbons (Fsp3) is 0.458. The van der Waals surface area contributed by atoms with E-state index in [0.717, 1.165) is 17.8 Å². The summed E-state index contributed by atoms with van der Waals surface area (Å²) < 4.78 is 3.27. The minimum absolute atomic E-state index is 0.00462. The predicted octanol–water partition coefficient (Wildman–Crippen LogP) is 2.65. The molecule has 3 aromatic rings. The van der Waals surface area contributed by atoms with Crippen LogP contribution in [-0.2, 0) is 17.9 Å². The van der Waals surface area contributed by atoms with Crippen molar-refractivity contribution < 1.29 is 4.79 Å². The number of nitrogen functional groups attached to an aromatic ring is 1. The van der Waals surface area contributed by atoms with E-state index in [2.05, 4.69) is 15.2 Å². The van der Waals surface area contributed by atoms with Gasteiger partial charge >= 0.3 is 5.69 Å². The van der Waals surface area contributed by atoms with Crippen molar-refractivity contribution in [1.82, 2.24) is 24.3 Å². The summed E-state index contributed by atoms with van der Waals surface area (Å²) in [7, 11) is 0. The topological polar surface area (TPSA) is 132 Å². The van der Waals surface area contributed by atoms with Gasteiger partial charge in [0.05, 0.1) is 12.3 Å². The molecule has 0 aliphatic heterocycles.